The molecule has 8 nitrogen and oxygen atoms in total. The zero-order valence-corrected chi connectivity index (χ0v) is 12.6. The number of aromatic carboxylic acids is 1. The number of aromatic amines is 1. The van der Waals surface area contributed by atoms with Gasteiger partial charge in [-0.3, -0.25) is 4.79 Å². The number of rotatable bonds is 3. The summed E-state index contributed by atoms with van der Waals surface area (Å²) in [4.78, 5) is 29.9. The first-order chi connectivity index (χ1) is 11.0. The minimum absolute atomic E-state index is 0.0393. The molecule has 3 rings (SSSR count). The summed E-state index contributed by atoms with van der Waals surface area (Å²) < 4.78 is 1.50. The van der Waals surface area contributed by atoms with E-state index < -0.39 is 11.5 Å². The van der Waals surface area contributed by atoms with Crippen molar-refractivity contribution in [1.29, 1.82) is 0 Å². The Bertz CT molecular complexity index is 1010. The number of hydrogen-bond acceptors (Lipinski definition) is 5. The van der Waals surface area contributed by atoms with Gasteiger partial charge in [-0.1, -0.05) is 16.8 Å². The summed E-state index contributed by atoms with van der Waals surface area (Å²) in [5.74, 6) is -0.967. The van der Waals surface area contributed by atoms with E-state index in [4.69, 9.17) is 16.7 Å². The fraction of sp³-hybridized carbons (Fsp3) is 0.0714. The van der Waals surface area contributed by atoms with Gasteiger partial charge in [-0.2, -0.15) is 0 Å². The Morgan fingerprint density at radius 1 is 1.43 bits per heavy atom. The van der Waals surface area contributed by atoms with Gasteiger partial charge in [-0.25, -0.2) is 14.5 Å². The highest BCUT2D eigenvalue weighted by molar-refractivity contribution is 6.50. The second-order valence-electron chi connectivity index (χ2n) is 4.73. The smallest absolute Gasteiger partial charge is 0.335 e. The lowest BCUT2D eigenvalue weighted by Crippen LogP contribution is -2.11. The molecule has 0 saturated carbocycles. The van der Waals surface area contributed by atoms with Crippen molar-refractivity contribution in [2.24, 2.45) is 7.05 Å². The van der Waals surface area contributed by atoms with Crippen molar-refractivity contribution in [3.8, 4) is 0 Å². The van der Waals surface area contributed by atoms with E-state index in [1.54, 1.807) is 13.1 Å². The lowest BCUT2D eigenvalue weighted by atomic mass is 10.1. The Kier molecular flexibility index (Phi) is 3.67. The molecular formula is C14H10ClN5O3. The molecule has 2 aromatic heterocycles. The van der Waals surface area contributed by atoms with Crippen molar-refractivity contribution in [1.82, 2.24) is 25.0 Å². The van der Waals surface area contributed by atoms with Gasteiger partial charge in [0, 0.05) is 7.05 Å². The summed E-state index contributed by atoms with van der Waals surface area (Å²) in [6.45, 7) is 0. The van der Waals surface area contributed by atoms with E-state index in [0.29, 0.717) is 5.69 Å². The molecule has 0 fully saturated rings. The summed E-state index contributed by atoms with van der Waals surface area (Å²) in [6, 6.07) is 4.09. The molecule has 0 amide bonds. The van der Waals surface area contributed by atoms with Crippen molar-refractivity contribution >= 4 is 39.6 Å². The number of benzene rings is 1. The number of carboxylic acid groups (broad SMARTS) is 1. The molecule has 3 aromatic rings. The van der Waals surface area contributed by atoms with Crippen LogP contribution in [-0.2, 0) is 7.05 Å². The molecule has 0 unspecified atom stereocenters. The number of halogens is 1. The largest absolute Gasteiger partial charge is 0.478 e. The number of aryl methyl sites for hydroxylation is 1. The number of carbonyl (C=O) groups is 1. The number of fused-ring (bicyclic) bond motifs is 1. The van der Waals surface area contributed by atoms with Gasteiger partial charge in [0.1, 0.15) is 0 Å². The SMILES string of the molecule is Cn1nncc1/C=C(\Cl)c1nc2cc(C(=O)O)ccc2c(=O)[nH]1. The molecule has 0 spiro atoms. The van der Waals surface area contributed by atoms with Crippen LogP contribution in [0.3, 0.4) is 0 Å². The monoisotopic (exact) mass is 331 g/mol. The normalized spacial score (nSPS) is 11.8. The van der Waals surface area contributed by atoms with Crippen LogP contribution in [-0.4, -0.2) is 36.0 Å². The van der Waals surface area contributed by atoms with E-state index in [2.05, 4.69) is 20.3 Å². The average Bonchev–Trinajstić information content (AvgIpc) is 2.91. The van der Waals surface area contributed by atoms with Gasteiger partial charge in [0.2, 0.25) is 0 Å². The summed E-state index contributed by atoms with van der Waals surface area (Å²) in [5, 5.41) is 17.0. The molecule has 0 aliphatic rings. The zero-order valence-electron chi connectivity index (χ0n) is 11.8. The number of hydrogen-bond donors (Lipinski definition) is 2. The lowest BCUT2D eigenvalue weighted by molar-refractivity contribution is 0.0697. The maximum atomic E-state index is 12.1. The van der Waals surface area contributed by atoms with Gasteiger partial charge in [-0.05, 0) is 24.3 Å². The predicted molar refractivity (Wildman–Crippen MR) is 84.1 cm³/mol. The first-order valence-electron chi connectivity index (χ1n) is 6.45. The van der Waals surface area contributed by atoms with E-state index in [1.165, 1.54) is 29.1 Å². The first-order valence-corrected chi connectivity index (χ1v) is 6.83. The Balaban J connectivity index is 2.15. The van der Waals surface area contributed by atoms with Crippen LogP contribution in [0.2, 0.25) is 0 Å². The van der Waals surface area contributed by atoms with Crippen molar-refractivity contribution in [2.45, 2.75) is 0 Å². The summed E-state index contributed by atoms with van der Waals surface area (Å²) in [6.07, 6.45) is 3.05. The molecule has 0 aliphatic carbocycles. The number of H-pyrrole nitrogens is 1. The third kappa shape index (κ3) is 2.84. The quantitative estimate of drug-likeness (QED) is 0.751. The van der Waals surface area contributed by atoms with Crippen molar-refractivity contribution in [3.05, 3.63) is 51.8 Å². The van der Waals surface area contributed by atoms with Crippen LogP contribution in [0.5, 0.6) is 0 Å². The van der Waals surface area contributed by atoms with Crippen molar-refractivity contribution in [2.75, 3.05) is 0 Å². The third-order valence-electron chi connectivity index (χ3n) is 3.20. The Morgan fingerprint density at radius 2 is 2.22 bits per heavy atom. The molecule has 1 aromatic carbocycles. The van der Waals surface area contributed by atoms with Crippen LogP contribution in [0.15, 0.2) is 29.2 Å². The van der Waals surface area contributed by atoms with E-state index in [-0.39, 0.29) is 27.3 Å². The van der Waals surface area contributed by atoms with Gasteiger partial charge >= 0.3 is 5.97 Å². The molecule has 116 valence electrons. The van der Waals surface area contributed by atoms with E-state index >= 15 is 0 Å². The van der Waals surface area contributed by atoms with E-state index in [1.807, 2.05) is 0 Å². The van der Waals surface area contributed by atoms with Crippen LogP contribution >= 0.6 is 11.6 Å². The number of nitrogens with zero attached hydrogens (tertiary/aromatic N) is 4. The van der Waals surface area contributed by atoms with Crippen LogP contribution in [0.4, 0.5) is 0 Å². The average molecular weight is 332 g/mol. The van der Waals surface area contributed by atoms with Gasteiger partial charge < -0.3 is 10.1 Å². The maximum Gasteiger partial charge on any atom is 0.335 e. The standard InChI is InChI=1S/C14H10ClN5O3/c1-20-8(6-16-19-20)5-10(15)12-17-11-4-7(14(22)23)2-3-9(11)13(21)18-12/h2-6H,1H3,(H,22,23)(H,17,18,21)/b10-5-. The summed E-state index contributed by atoms with van der Waals surface area (Å²) >= 11 is 6.19. The minimum Gasteiger partial charge on any atom is -0.478 e. The van der Waals surface area contributed by atoms with Gasteiger partial charge in [0.05, 0.1) is 33.4 Å². The maximum absolute atomic E-state index is 12.1. The molecule has 2 N–H and O–H groups in total. The van der Waals surface area contributed by atoms with Gasteiger partial charge in [0.15, 0.2) is 5.82 Å². The molecular weight excluding hydrogens is 322 g/mol. The highest BCUT2D eigenvalue weighted by Gasteiger charge is 2.10. The Hall–Kier alpha value is -3.00. The Labute approximate surface area is 134 Å². The highest BCUT2D eigenvalue weighted by Crippen LogP contribution is 2.19. The first kappa shape index (κ1) is 14.9. The summed E-state index contributed by atoms with van der Waals surface area (Å²) in [7, 11) is 1.69. The van der Waals surface area contributed by atoms with Gasteiger partial charge in [-0.15, -0.1) is 5.10 Å². The third-order valence-corrected chi connectivity index (χ3v) is 3.49. The van der Waals surface area contributed by atoms with Crippen molar-refractivity contribution in [3.63, 3.8) is 0 Å². The van der Waals surface area contributed by atoms with Crippen molar-refractivity contribution < 1.29 is 9.90 Å². The van der Waals surface area contributed by atoms with Crippen LogP contribution < -0.4 is 5.56 Å². The van der Waals surface area contributed by atoms with Crippen LogP contribution in [0.25, 0.3) is 22.0 Å². The molecule has 23 heavy (non-hydrogen) atoms. The summed E-state index contributed by atoms with van der Waals surface area (Å²) in [5.41, 5.74) is 0.504. The molecule has 0 aliphatic heterocycles. The molecule has 0 bridgehead atoms. The predicted octanol–water partition coefficient (Wildman–Crippen LogP) is 1.49. The fourth-order valence-electron chi connectivity index (χ4n) is 2.01. The number of nitrogens with one attached hydrogen (secondary N) is 1. The highest BCUT2D eigenvalue weighted by atomic mass is 35.5. The van der Waals surface area contributed by atoms with Crippen LogP contribution in [0.1, 0.15) is 21.9 Å². The molecule has 0 radical (unpaired) electrons. The topological polar surface area (TPSA) is 114 Å². The van der Waals surface area contributed by atoms with Gasteiger partial charge in [0.25, 0.3) is 5.56 Å². The lowest BCUT2D eigenvalue weighted by Gasteiger charge is -2.03. The second-order valence-corrected chi connectivity index (χ2v) is 5.13. The number of carboxylic acids is 1. The molecule has 9 heteroatoms. The van der Waals surface area contributed by atoms with E-state index in [9.17, 15) is 9.59 Å². The zero-order chi connectivity index (χ0) is 16.6. The molecule has 2 heterocycles. The number of aromatic nitrogens is 5. The minimum atomic E-state index is -1.10. The molecule has 0 atom stereocenters. The Morgan fingerprint density at radius 3 is 2.87 bits per heavy atom. The molecule has 0 saturated heterocycles. The van der Waals surface area contributed by atoms with E-state index in [0.717, 1.165) is 0 Å². The van der Waals surface area contributed by atoms with Crippen LogP contribution in [0, 0.1) is 0 Å². The fourth-order valence-corrected chi connectivity index (χ4v) is 2.21. The second kappa shape index (κ2) is 5.65.